The number of hydrogen-bond donors (Lipinski definition) is 1. The molecule has 0 aliphatic heterocycles. The number of rotatable bonds is 2. The van der Waals surface area contributed by atoms with Gasteiger partial charge in [-0.25, -0.2) is 0 Å². The van der Waals surface area contributed by atoms with E-state index in [4.69, 9.17) is 23.2 Å². The van der Waals surface area contributed by atoms with Gasteiger partial charge in [-0.1, -0.05) is 23.2 Å². The summed E-state index contributed by atoms with van der Waals surface area (Å²) in [6.07, 6.45) is 0. The van der Waals surface area contributed by atoms with E-state index in [9.17, 15) is 9.90 Å². The first-order valence-electron chi connectivity index (χ1n) is 5.28. The van der Waals surface area contributed by atoms with Gasteiger partial charge in [0.25, 0.3) is 0 Å². The number of aryl methyl sites for hydroxylation is 1. The van der Waals surface area contributed by atoms with Crippen molar-refractivity contribution in [2.24, 2.45) is 0 Å². The number of hydrogen-bond acceptors (Lipinski definition) is 2. The molecule has 2 aromatic carbocycles. The molecule has 2 rings (SSSR count). The smallest absolute Gasteiger partial charge is 0.196 e. The van der Waals surface area contributed by atoms with Crippen LogP contribution in [-0.2, 0) is 0 Å². The Morgan fingerprint density at radius 3 is 2.33 bits per heavy atom. The number of benzene rings is 2. The fraction of sp³-hybridized carbons (Fsp3) is 0.0714. The van der Waals surface area contributed by atoms with Gasteiger partial charge in [0, 0.05) is 15.6 Å². The molecule has 0 unspecified atom stereocenters. The number of carbonyl (C=O) groups is 1. The maximum atomic E-state index is 12.2. The largest absolute Gasteiger partial charge is 0.507 e. The van der Waals surface area contributed by atoms with E-state index in [1.54, 1.807) is 31.2 Å². The van der Waals surface area contributed by atoms with Gasteiger partial charge in [0.15, 0.2) is 5.78 Å². The lowest BCUT2D eigenvalue weighted by Crippen LogP contribution is -2.02. The summed E-state index contributed by atoms with van der Waals surface area (Å²) in [6, 6.07) is 9.42. The molecular formula is C14H10Cl2O2. The second kappa shape index (κ2) is 5.01. The molecule has 92 valence electrons. The van der Waals surface area contributed by atoms with Crippen LogP contribution in [0.4, 0.5) is 0 Å². The predicted molar refractivity (Wildman–Crippen MR) is 72.7 cm³/mol. The summed E-state index contributed by atoms with van der Waals surface area (Å²) in [4.78, 5) is 12.2. The molecule has 0 atom stereocenters. The molecule has 1 N–H and O–H groups in total. The zero-order valence-electron chi connectivity index (χ0n) is 9.58. The third kappa shape index (κ3) is 2.50. The van der Waals surface area contributed by atoms with Crippen LogP contribution in [0, 0.1) is 6.92 Å². The van der Waals surface area contributed by atoms with Gasteiger partial charge in [-0.15, -0.1) is 0 Å². The first kappa shape index (κ1) is 12.9. The fourth-order valence-corrected chi connectivity index (χ4v) is 1.89. The summed E-state index contributed by atoms with van der Waals surface area (Å²) < 4.78 is 0. The number of carbonyl (C=O) groups excluding carboxylic acids is 1. The number of phenolic OH excluding ortho intramolecular Hbond substituents is 1. The standard InChI is InChI=1S/C14H10Cl2O2/c1-8-6-13(17)11(7-12(8)16)14(18)9-2-4-10(15)5-3-9/h2-7,17H,1H3. The molecule has 0 bridgehead atoms. The second-order valence-electron chi connectivity index (χ2n) is 3.95. The lowest BCUT2D eigenvalue weighted by molar-refractivity contribution is 0.103. The van der Waals surface area contributed by atoms with E-state index in [-0.39, 0.29) is 17.1 Å². The van der Waals surface area contributed by atoms with Crippen LogP contribution < -0.4 is 0 Å². The Balaban J connectivity index is 2.46. The summed E-state index contributed by atoms with van der Waals surface area (Å²) in [5, 5.41) is 10.8. The highest BCUT2D eigenvalue weighted by Gasteiger charge is 2.15. The Hall–Kier alpha value is -1.51. The molecule has 0 aliphatic carbocycles. The van der Waals surface area contributed by atoms with Crippen molar-refractivity contribution >= 4 is 29.0 Å². The van der Waals surface area contributed by atoms with Crippen LogP contribution in [0.2, 0.25) is 10.0 Å². The van der Waals surface area contributed by atoms with Crippen molar-refractivity contribution in [1.29, 1.82) is 0 Å². The van der Waals surface area contributed by atoms with Crippen molar-refractivity contribution in [2.45, 2.75) is 6.92 Å². The predicted octanol–water partition coefficient (Wildman–Crippen LogP) is 4.24. The number of aromatic hydroxyl groups is 1. The van der Waals surface area contributed by atoms with Crippen LogP contribution in [0.15, 0.2) is 36.4 Å². The topological polar surface area (TPSA) is 37.3 Å². The number of halogens is 2. The molecule has 0 fully saturated rings. The highest BCUT2D eigenvalue weighted by atomic mass is 35.5. The van der Waals surface area contributed by atoms with E-state index in [1.165, 1.54) is 12.1 Å². The third-order valence-corrected chi connectivity index (χ3v) is 3.29. The summed E-state index contributed by atoms with van der Waals surface area (Å²) >= 11 is 11.7. The van der Waals surface area contributed by atoms with Crippen molar-refractivity contribution in [3.8, 4) is 5.75 Å². The average Bonchev–Trinajstić information content (AvgIpc) is 2.34. The van der Waals surface area contributed by atoms with Gasteiger partial charge in [-0.05, 0) is 48.9 Å². The van der Waals surface area contributed by atoms with Crippen molar-refractivity contribution in [3.63, 3.8) is 0 Å². The van der Waals surface area contributed by atoms with E-state index in [0.717, 1.165) is 5.56 Å². The molecule has 2 nitrogen and oxygen atoms in total. The maximum absolute atomic E-state index is 12.2. The zero-order chi connectivity index (χ0) is 13.3. The molecule has 0 saturated carbocycles. The normalized spacial score (nSPS) is 10.4. The molecule has 0 radical (unpaired) electrons. The van der Waals surface area contributed by atoms with Gasteiger partial charge in [0.05, 0.1) is 5.56 Å². The van der Waals surface area contributed by atoms with E-state index < -0.39 is 0 Å². The Morgan fingerprint density at radius 2 is 1.72 bits per heavy atom. The Bertz CT molecular complexity index is 604. The highest BCUT2D eigenvalue weighted by Crippen LogP contribution is 2.27. The molecule has 0 heterocycles. The molecule has 4 heteroatoms. The summed E-state index contributed by atoms with van der Waals surface area (Å²) in [6.45, 7) is 1.76. The van der Waals surface area contributed by atoms with Gasteiger partial charge in [0.2, 0.25) is 0 Å². The van der Waals surface area contributed by atoms with Crippen LogP contribution in [0.5, 0.6) is 5.75 Å². The highest BCUT2D eigenvalue weighted by molar-refractivity contribution is 6.32. The van der Waals surface area contributed by atoms with Crippen molar-refractivity contribution < 1.29 is 9.90 Å². The zero-order valence-corrected chi connectivity index (χ0v) is 11.1. The third-order valence-electron chi connectivity index (χ3n) is 2.63. The van der Waals surface area contributed by atoms with Gasteiger partial charge in [0.1, 0.15) is 5.75 Å². The van der Waals surface area contributed by atoms with Crippen LogP contribution >= 0.6 is 23.2 Å². The molecule has 0 amide bonds. The minimum atomic E-state index is -0.286. The van der Waals surface area contributed by atoms with Crippen LogP contribution in [-0.4, -0.2) is 10.9 Å². The van der Waals surface area contributed by atoms with Crippen molar-refractivity contribution in [2.75, 3.05) is 0 Å². The van der Waals surface area contributed by atoms with Crippen LogP contribution in [0.25, 0.3) is 0 Å². The van der Waals surface area contributed by atoms with E-state index >= 15 is 0 Å². The molecule has 0 saturated heterocycles. The van der Waals surface area contributed by atoms with Gasteiger partial charge < -0.3 is 5.11 Å². The Morgan fingerprint density at radius 1 is 1.11 bits per heavy atom. The quantitative estimate of drug-likeness (QED) is 0.836. The first-order valence-corrected chi connectivity index (χ1v) is 6.04. The number of phenols is 1. The van der Waals surface area contributed by atoms with E-state index in [2.05, 4.69) is 0 Å². The van der Waals surface area contributed by atoms with E-state index in [0.29, 0.717) is 15.6 Å². The summed E-state index contributed by atoms with van der Waals surface area (Å²) in [7, 11) is 0. The molecule has 0 aliphatic rings. The Labute approximate surface area is 115 Å². The van der Waals surface area contributed by atoms with Crippen LogP contribution in [0.1, 0.15) is 21.5 Å². The summed E-state index contributed by atoms with van der Waals surface area (Å²) in [5.41, 5.74) is 1.37. The molecule has 18 heavy (non-hydrogen) atoms. The van der Waals surface area contributed by atoms with Crippen LogP contribution in [0.3, 0.4) is 0 Å². The molecule has 0 aromatic heterocycles. The molecule has 2 aromatic rings. The number of ketones is 1. The molecular weight excluding hydrogens is 271 g/mol. The minimum Gasteiger partial charge on any atom is -0.507 e. The maximum Gasteiger partial charge on any atom is 0.196 e. The fourth-order valence-electron chi connectivity index (χ4n) is 1.60. The average molecular weight is 281 g/mol. The van der Waals surface area contributed by atoms with Gasteiger partial charge >= 0.3 is 0 Å². The van der Waals surface area contributed by atoms with Gasteiger partial charge in [-0.3, -0.25) is 4.79 Å². The summed E-state index contributed by atoms with van der Waals surface area (Å²) in [5.74, 6) is -0.358. The Kier molecular flexibility index (Phi) is 3.60. The van der Waals surface area contributed by atoms with E-state index in [1.807, 2.05) is 0 Å². The molecule has 0 spiro atoms. The van der Waals surface area contributed by atoms with Crippen molar-refractivity contribution in [1.82, 2.24) is 0 Å². The lowest BCUT2D eigenvalue weighted by Gasteiger charge is -2.07. The van der Waals surface area contributed by atoms with Crippen molar-refractivity contribution in [3.05, 3.63) is 63.1 Å². The monoisotopic (exact) mass is 280 g/mol. The van der Waals surface area contributed by atoms with Gasteiger partial charge in [-0.2, -0.15) is 0 Å². The minimum absolute atomic E-state index is 0.0724. The first-order chi connectivity index (χ1) is 8.49. The SMILES string of the molecule is Cc1cc(O)c(C(=O)c2ccc(Cl)cc2)cc1Cl. The second-order valence-corrected chi connectivity index (χ2v) is 4.80. The lowest BCUT2D eigenvalue weighted by atomic mass is 10.0.